The zero-order valence-electron chi connectivity index (χ0n) is 12.1. The van der Waals surface area contributed by atoms with Gasteiger partial charge in [0.25, 0.3) is 5.91 Å². The fourth-order valence-corrected chi connectivity index (χ4v) is 2.17. The molecule has 3 rings (SSSR count). The van der Waals surface area contributed by atoms with Crippen LogP contribution in [-0.4, -0.2) is 20.9 Å². The first-order valence-corrected chi connectivity index (χ1v) is 6.96. The number of hydrogen-bond donors (Lipinski definition) is 2. The van der Waals surface area contributed by atoms with Gasteiger partial charge < -0.3 is 11.1 Å². The second kappa shape index (κ2) is 6.45. The van der Waals surface area contributed by atoms with Crippen LogP contribution in [0.15, 0.2) is 48.9 Å². The molecule has 1 unspecified atom stereocenters. The number of para-hydroxylation sites is 1. The summed E-state index contributed by atoms with van der Waals surface area (Å²) in [6.07, 6.45) is 1.91. The van der Waals surface area contributed by atoms with Crippen LogP contribution in [0.5, 0.6) is 0 Å². The third-order valence-electron chi connectivity index (χ3n) is 3.37. The minimum absolute atomic E-state index is 0.242. The Morgan fingerprint density at radius 3 is 2.74 bits per heavy atom. The summed E-state index contributed by atoms with van der Waals surface area (Å²) >= 11 is 0. The molecule has 0 aliphatic heterocycles. The predicted octanol–water partition coefficient (Wildman–Crippen LogP) is 1.88. The molecule has 2 heterocycles. The van der Waals surface area contributed by atoms with Gasteiger partial charge in [0, 0.05) is 17.1 Å². The van der Waals surface area contributed by atoms with E-state index in [0.29, 0.717) is 22.2 Å². The van der Waals surface area contributed by atoms with Crippen molar-refractivity contribution in [2.45, 2.75) is 12.8 Å². The van der Waals surface area contributed by atoms with Crippen LogP contribution in [0.4, 0.5) is 4.39 Å². The van der Waals surface area contributed by atoms with Crippen LogP contribution in [-0.2, 0) is 6.67 Å². The van der Waals surface area contributed by atoms with Gasteiger partial charge in [-0.3, -0.25) is 9.78 Å². The lowest BCUT2D eigenvalue weighted by molar-refractivity contribution is 0.0933. The lowest BCUT2D eigenvalue weighted by Crippen LogP contribution is -2.35. The Hall–Kier alpha value is -2.93. The number of nitrogens with zero attached hydrogens (tertiary/aromatic N) is 3. The van der Waals surface area contributed by atoms with Gasteiger partial charge in [0.2, 0.25) is 0 Å². The van der Waals surface area contributed by atoms with Crippen molar-refractivity contribution in [1.82, 2.24) is 20.3 Å². The Bertz CT molecular complexity index is 832. The number of nitrogens with two attached hydrogens (primary N) is 1. The molecule has 0 spiro atoms. The molecule has 1 amide bonds. The van der Waals surface area contributed by atoms with E-state index in [1.807, 2.05) is 6.07 Å². The molecule has 0 aliphatic carbocycles. The van der Waals surface area contributed by atoms with Gasteiger partial charge in [-0.25, -0.2) is 14.4 Å². The number of rotatable bonds is 4. The molecule has 6 nitrogen and oxygen atoms in total. The average Bonchev–Trinajstić information content (AvgIpc) is 2.61. The minimum atomic E-state index is -0.815. The number of aromatic nitrogens is 3. The first-order valence-electron chi connectivity index (χ1n) is 6.96. The van der Waals surface area contributed by atoms with Gasteiger partial charge >= 0.3 is 0 Å². The minimum Gasteiger partial charge on any atom is -0.330 e. The third-order valence-corrected chi connectivity index (χ3v) is 3.37. The Labute approximate surface area is 131 Å². The van der Waals surface area contributed by atoms with Crippen molar-refractivity contribution in [2.75, 3.05) is 0 Å². The summed E-state index contributed by atoms with van der Waals surface area (Å²) in [5.74, 6) is -0.424. The van der Waals surface area contributed by atoms with E-state index in [1.165, 1.54) is 12.5 Å². The quantitative estimate of drug-likeness (QED) is 0.718. The zero-order chi connectivity index (χ0) is 16.2. The second-order valence-electron chi connectivity index (χ2n) is 4.92. The van der Waals surface area contributed by atoms with Gasteiger partial charge in [-0.1, -0.05) is 24.3 Å². The molecule has 0 radical (unpaired) electrons. The fourth-order valence-electron chi connectivity index (χ4n) is 2.17. The molecular formula is C16H14FN5O. The van der Waals surface area contributed by atoms with Crippen LogP contribution < -0.4 is 11.1 Å². The SMILES string of the molecule is NC(NC(=O)c1ncnc2ccccc12)c1ccc(CF)cn1. The molecule has 116 valence electrons. The maximum atomic E-state index is 12.5. The summed E-state index contributed by atoms with van der Waals surface area (Å²) in [5.41, 5.74) is 7.74. The number of carbonyl (C=O) groups is 1. The Balaban J connectivity index is 1.82. The molecule has 1 atom stereocenters. The Morgan fingerprint density at radius 2 is 2.00 bits per heavy atom. The molecular weight excluding hydrogens is 297 g/mol. The molecule has 0 bridgehead atoms. The first kappa shape index (κ1) is 15.0. The molecule has 2 aromatic heterocycles. The smallest absolute Gasteiger partial charge is 0.272 e. The molecule has 23 heavy (non-hydrogen) atoms. The maximum Gasteiger partial charge on any atom is 0.272 e. The predicted molar refractivity (Wildman–Crippen MR) is 83.0 cm³/mol. The number of amides is 1. The highest BCUT2D eigenvalue weighted by Gasteiger charge is 2.16. The maximum absolute atomic E-state index is 12.5. The fraction of sp³-hybridized carbons (Fsp3) is 0.125. The van der Waals surface area contributed by atoms with Crippen LogP contribution in [0.2, 0.25) is 0 Å². The van der Waals surface area contributed by atoms with Crippen LogP contribution in [0.25, 0.3) is 10.9 Å². The number of alkyl halides is 1. The number of pyridine rings is 1. The van der Waals surface area contributed by atoms with Crippen molar-refractivity contribution in [1.29, 1.82) is 0 Å². The normalized spacial score (nSPS) is 12.1. The first-order chi connectivity index (χ1) is 11.2. The van der Waals surface area contributed by atoms with Gasteiger partial charge in [-0.05, 0) is 12.1 Å². The summed E-state index contributed by atoms with van der Waals surface area (Å²) < 4.78 is 12.5. The van der Waals surface area contributed by atoms with Crippen molar-refractivity contribution >= 4 is 16.8 Å². The summed E-state index contributed by atoms with van der Waals surface area (Å²) in [5, 5.41) is 3.27. The summed E-state index contributed by atoms with van der Waals surface area (Å²) in [7, 11) is 0. The van der Waals surface area contributed by atoms with Crippen LogP contribution in [0, 0.1) is 0 Å². The standard InChI is InChI=1S/C16H14FN5O/c17-7-10-5-6-13(19-8-10)15(18)22-16(23)14-11-3-1-2-4-12(11)20-9-21-14/h1-6,8-9,15H,7,18H2,(H,22,23). The molecule has 3 N–H and O–H groups in total. The van der Waals surface area contributed by atoms with E-state index < -0.39 is 18.7 Å². The number of nitrogens with one attached hydrogen (secondary N) is 1. The highest BCUT2D eigenvalue weighted by molar-refractivity contribution is 6.04. The van der Waals surface area contributed by atoms with Crippen molar-refractivity contribution in [3.8, 4) is 0 Å². The van der Waals surface area contributed by atoms with Gasteiger partial charge in [0.05, 0.1) is 11.2 Å². The molecule has 0 saturated carbocycles. The average molecular weight is 311 g/mol. The zero-order valence-corrected chi connectivity index (χ0v) is 12.1. The number of benzene rings is 1. The van der Waals surface area contributed by atoms with E-state index in [0.717, 1.165) is 0 Å². The molecule has 7 heteroatoms. The van der Waals surface area contributed by atoms with E-state index >= 15 is 0 Å². The highest BCUT2D eigenvalue weighted by Crippen LogP contribution is 2.15. The molecule has 1 aromatic carbocycles. The van der Waals surface area contributed by atoms with E-state index in [1.54, 1.807) is 30.3 Å². The van der Waals surface area contributed by atoms with Crippen LogP contribution in [0.3, 0.4) is 0 Å². The number of halogens is 1. The van der Waals surface area contributed by atoms with E-state index in [9.17, 15) is 9.18 Å². The van der Waals surface area contributed by atoms with Gasteiger partial charge in [0.15, 0.2) is 0 Å². The number of hydrogen-bond acceptors (Lipinski definition) is 5. The topological polar surface area (TPSA) is 93.8 Å². The van der Waals surface area contributed by atoms with Gasteiger partial charge in [-0.15, -0.1) is 0 Å². The summed E-state index contributed by atoms with van der Waals surface area (Å²) in [6.45, 7) is -0.595. The van der Waals surface area contributed by atoms with Gasteiger partial charge in [-0.2, -0.15) is 0 Å². The van der Waals surface area contributed by atoms with Crippen molar-refractivity contribution in [2.24, 2.45) is 5.73 Å². The van der Waals surface area contributed by atoms with E-state index in [4.69, 9.17) is 5.73 Å². The lowest BCUT2D eigenvalue weighted by atomic mass is 10.1. The van der Waals surface area contributed by atoms with E-state index in [2.05, 4.69) is 20.3 Å². The molecule has 3 aromatic rings. The Morgan fingerprint density at radius 1 is 1.17 bits per heavy atom. The lowest BCUT2D eigenvalue weighted by Gasteiger charge is -2.14. The second-order valence-corrected chi connectivity index (χ2v) is 4.92. The third kappa shape index (κ3) is 3.14. The molecule has 0 saturated heterocycles. The van der Waals surface area contributed by atoms with Crippen molar-refractivity contribution in [3.05, 3.63) is 65.9 Å². The Kier molecular flexibility index (Phi) is 4.20. The van der Waals surface area contributed by atoms with Crippen molar-refractivity contribution in [3.63, 3.8) is 0 Å². The summed E-state index contributed by atoms with van der Waals surface area (Å²) in [4.78, 5) is 24.6. The summed E-state index contributed by atoms with van der Waals surface area (Å²) in [6, 6.07) is 10.4. The van der Waals surface area contributed by atoms with E-state index in [-0.39, 0.29) is 5.69 Å². The monoisotopic (exact) mass is 311 g/mol. The van der Waals surface area contributed by atoms with Crippen LogP contribution >= 0.6 is 0 Å². The number of carbonyl (C=O) groups excluding carboxylic acids is 1. The largest absolute Gasteiger partial charge is 0.330 e. The van der Waals surface area contributed by atoms with Gasteiger partial charge in [0.1, 0.15) is 24.9 Å². The number of fused-ring (bicyclic) bond motifs is 1. The van der Waals surface area contributed by atoms with Crippen molar-refractivity contribution < 1.29 is 9.18 Å². The molecule has 0 fully saturated rings. The highest BCUT2D eigenvalue weighted by atomic mass is 19.1. The molecule has 0 aliphatic rings. The van der Waals surface area contributed by atoms with Crippen LogP contribution in [0.1, 0.15) is 27.9 Å².